The lowest BCUT2D eigenvalue weighted by molar-refractivity contribution is -0.192. The number of carboxylic acids is 2. The third kappa shape index (κ3) is 4.89. The fourth-order valence-electron chi connectivity index (χ4n) is 1.42. The highest BCUT2D eigenvalue weighted by molar-refractivity contribution is 5.95. The Morgan fingerprint density at radius 1 is 0.955 bits per heavy atom. The number of rotatable bonds is 2. The number of benzene rings is 1. The van der Waals surface area contributed by atoms with Crippen LogP contribution in [0.3, 0.4) is 0 Å². The highest BCUT2D eigenvalue weighted by Gasteiger charge is 2.38. The second kappa shape index (κ2) is 7.21. The number of aromatic nitrogens is 1. The lowest BCUT2D eigenvalue weighted by Crippen LogP contribution is -2.21. The molecule has 0 aliphatic rings. The van der Waals surface area contributed by atoms with Crippen molar-refractivity contribution in [2.45, 2.75) is 6.18 Å². The van der Waals surface area contributed by atoms with Gasteiger partial charge in [-0.1, -0.05) is 24.3 Å². The summed E-state index contributed by atoms with van der Waals surface area (Å²) in [7, 11) is 0. The Bertz CT molecular complexity index is 657. The van der Waals surface area contributed by atoms with E-state index in [1.807, 2.05) is 6.07 Å². The number of aromatic carboxylic acids is 1. The summed E-state index contributed by atoms with van der Waals surface area (Å²) in [4.78, 5) is 24.0. The molecule has 2 rings (SSSR count). The number of hydrogen-bond acceptors (Lipinski definition) is 3. The van der Waals surface area contributed by atoms with E-state index < -0.39 is 18.1 Å². The molecule has 0 aliphatic carbocycles. The zero-order valence-electron chi connectivity index (χ0n) is 10.9. The molecular weight excluding hydrogens is 303 g/mol. The van der Waals surface area contributed by atoms with Crippen molar-refractivity contribution in [3.63, 3.8) is 0 Å². The first-order chi connectivity index (χ1) is 10.2. The van der Waals surface area contributed by atoms with E-state index in [0.29, 0.717) is 11.3 Å². The fourth-order valence-corrected chi connectivity index (χ4v) is 1.42. The van der Waals surface area contributed by atoms with Crippen molar-refractivity contribution in [3.05, 3.63) is 54.2 Å². The molecule has 0 aliphatic heterocycles. The van der Waals surface area contributed by atoms with Gasteiger partial charge in [0.25, 0.3) is 0 Å². The molecule has 0 saturated heterocycles. The van der Waals surface area contributed by atoms with Crippen molar-refractivity contribution in [2.75, 3.05) is 0 Å². The average molecular weight is 313 g/mol. The first kappa shape index (κ1) is 17.2. The predicted molar refractivity (Wildman–Crippen MR) is 70.3 cm³/mol. The second-order valence-electron chi connectivity index (χ2n) is 3.87. The summed E-state index contributed by atoms with van der Waals surface area (Å²) in [5.41, 5.74) is 1.59. The highest BCUT2D eigenvalue weighted by atomic mass is 19.4. The van der Waals surface area contributed by atoms with Gasteiger partial charge in [-0.3, -0.25) is 4.98 Å². The first-order valence-electron chi connectivity index (χ1n) is 5.77. The zero-order valence-corrected chi connectivity index (χ0v) is 10.9. The molecule has 1 aromatic heterocycles. The van der Waals surface area contributed by atoms with Crippen LogP contribution in [0.15, 0.2) is 48.7 Å². The number of halogens is 3. The minimum absolute atomic E-state index is 0.274. The van der Waals surface area contributed by atoms with E-state index in [9.17, 15) is 18.0 Å². The minimum atomic E-state index is -5.08. The number of carbonyl (C=O) groups is 2. The molecule has 8 heteroatoms. The number of carboxylic acid groups (broad SMARTS) is 2. The van der Waals surface area contributed by atoms with Crippen molar-refractivity contribution in [1.82, 2.24) is 4.98 Å². The van der Waals surface area contributed by atoms with Gasteiger partial charge in [0.2, 0.25) is 0 Å². The van der Waals surface area contributed by atoms with E-state index >= 15 is 0 Å². The molecule has 5 nitrogen and oxygen atoms in total. The molecule has 1 heterocycles. The molecule has 0 spiro atoms. The van der Waals surface area contributed by atoms with Crippen LogP contribution < -0.4 is 0 Å². The van der Waals surface area contributed by atoms with Crippen LogP contribution in [0.5, 0.6) is 0 Å². The van der Waals surface area contributed by atoms with Gasteiger partial charge in [-0.25, -0.2) is 9.59 Å². The van der Waals surface area contributed by atoms with Gasteiger partial charge in [0.1, 0.15) is 0 Å². The molecular formula is C14H10F3NO4. The van der Waals surface area contributed by atoms with Crippen molar-refractivity contribution >= 4 is 11.9 Å². The fraction of sp³-hybridized carbons (Fsp3) is 0.0714. The molecule has 0 atom stereocenters. The van der Waals surface area contributed by atoms with E-state index in [1.165, 1.54) is 0 Å². The molecule has 0 fully saturated rings. The molecule has 0 radical (unpaired) electrons. The molecule has 2 aromatic rings. The summed E-state index contributed by atoms with van der Waals surface area (Å²) >= 11 is 0. The second-order valence-corrected chi connectivity index (χ2v) is 3.87. The average Bonchev–Trinajstić information content (AvgIpc) is 2.48. The summed E-state index contributed by atoms with van der Waals surface area (Å²) in [5, 5.41) is 16.1. The van der Waals surface area contributed by atoms with Crippen molar-refractivity contribution in [3.8, 4) is 11.3 Å². The Kier molecular flexibility index (Phi) is 5.62. The summed E-state index contributed by atoms with van der Waals surface area (Å²) < 4.78 is 31.7. The zero-order chi connectivity index (χ0) is 16.8. The predicted octanol–water partition coefficient (Wildman–Crippen LogP) is 3.08. The SMILES string of the molecule is O=C(O)C(F)(F)F.O=C(O)c1ccccc1-c1ccccn1. The highest BCUT2D eigenvalue weighted by Crippen LogP contribution is 2.20. The molecule has 0 amide bonds. The molecule has 0 saturated carbocycles. The van der Waals surface area contributed by atoms with E-state index in [1.54, 1.807) is 42.6 Å². The number of aliphatic carboxylic acids is 1. The van der Waals surface area contributed by atoms with Crippen LogP contribution in [0.4, 0.5) is 13.2 Å². The maximum atomic E-state index is 11.0. The van der Waals surface area contributed by atoms with Crippen molar-refractivity contribution in [1.29, 1.82) is 0 Å². The van der Waals surface area contributed by atoms with Gasteiger partial charge < -0.3 is 10.2 Å². The van der Waals surface area contributed by atoms with E-state index in [0.717, 1.165) is 0 Å². The lowest BCUT2D eigenvalue weighted by atomic mass is 10.0. The number of alkyl halides is 3. The third-order valence-corrected chi connectivity index (χ3v) is 2.34. The maximum absolute atomic E-state index is 11.0. The monoisotopic (exact) mass is 313 g/mol. The van der Waals surface area contributed by atoms with Crippen LogP contribution in [-0.2, 0) is 4.79 Å². The number of hydrogen-bond donors (Lipinski definition) is 2. The summed E-state index contributed by atoms with van der Waals surface area (Å²) in [6.07, 6.45) is -3.44. The van der Waals surface area contributed by atoms with Crippen LogP contribution in [0.1, 0.15) is 10.4 Å². The standard InChI is InChI=1S/C12H9NO2.C2HF3O2/c14-12(15)10-6-2-1-5-9(10)11-7-3-4-8-13-11;3-2(4,5)1(6)7/h1-8H,(H,14,15);(H,6,7). The topological polar surface area (TPSA) is 87.5 Å². The van der Waals surface area contributed by atoms with Gasteiger partial charge in [0.15, 0.2) is 0 Å². The molecule has 0 unspecified atom stereocenters. The van der Waals surface area contributed by atoms with Gasteiger partial charge in [-0.2, -0.15) is 13.2 Å². The Morgan fingerprint density at radius 2 is 1.50 bits per heavy atom. The van der Waals surface area contributed by atoms with Crippen molar-refractivity contribution in [2.24, 2.45) is 0 Å². The Morgan fingerprint density at radius 3 is 1.95 bits per heavy atom. The van der Waals surface area contributed by atoms with Gasteiger partial charge >= 0.3 is 18.1 Å². The summed E-state index contributed by atoms with van der Waals surface area (Å²) in [6.45, 7) is 0. The molecule has 0 bridgehead atoms. The minimum Gasteiger partial charge on any atom is -0.478 e. The van der Waals surface area contributed by atoms with Gasteiger partial charge in [0, 0.05) is 11.8 Å². The summed E-state index contributed by atoms with van der Waals surface area (Å²) in [5.74, 6) is -3.69. The molecule has 2 N–H and O–H groups in total. The van der Waals surface area contributed by atoms with E-state index in [-0.39, 0.29) is 5.56 Å². The normalized spacial score (nSPS) is 10.3. The smallest absolute Gasteiger partial charge is 0.478 e. The van der Waals surface area contributed by atoms with Gasteiger partial charge in [-0.15, -0.1) is 0 Å². The van der Waals surface area contributed by atoms with Crippen LogP contribution >= 0.6 is 0 Å². The Labute approximate surface area is 122 Å². The molecule has 1 aromatic carbocycles. The molecule has 22 heavy (non-hydrogen) atoms. The van der Waals surface area contributed by atoms with Crippen LogP contribution in [0.2, 0.25) is 0 Å². The first-order valence-corrected chi connectivity index (χ1v) is 5.77. The van der Waals surface area contributed by atoms with E-state index in [2.05, 4.69) is 4.98 Å². The Balaban J connectivity index is 0.000000295. The van der Waals surface area contributed by atoms with Gasteiger partial charge in [0.05, 0.1) is 11.3 Å². The van der Waals surface area contributed by atoms with Gasteiger partial charge in [-0.05, 0) is 18.2 Å². The van der Waals surface area contributed by atoms with Crippen LogP contribution in [0.25, 0.3) is 11.3 Å². The quantitative estimate of drug-likeness (QED) is 0.889. The Hall–Kier alpha value is -2.90. The van der Waals surface area contributed by atoms with Crippen LogP contribution in [-0.4, -0.2) is 33.3 Å². The third-order valence-electron chi connectivity index (χ3n) is 2.34. The molecule has 116 valence electrons. The summed E-state index contributed by atoms with van der Waals surface area (Å²) in [6, 6.07) is 12.3. The largest absolute Gasteiger partial charge is 0.490 e. The maximum Gasteiger partial charge on any atom is 0.490 e. The number of nitrogens with zero attached hydrogens (tertiary/aromatic N) is 1. The van der Waals surface area contributed by atoms with Crippen molar-refractivity contribution < 1.29 is 33.0 Å². The lowest BCUT2D eigenvalue weighted by Gasteiger charge is -2.03. The van der Waals surface area contributed by atoms with Crippen LogP contribution in [0, 0.1) is 0 Å². The number of pyridine rings is 1. The van der Waals surface area contributed by atoms with E-state index in [4.69, 9.17) is 15.0 Å².